The van der Waals surface area contributed by atoms with Gasteiger partial charge in [0.15, 0.2) is 0 Å². The topological polar surface area (TPSA) is 33.0 Å². The summed E-state index contributed by atoms with van der Waals surface area (Å²) in [7, 11) is 0. The largest absolute Gasteiger partial charge is 0.372 e. The van der Waals surface area contributed by atoms with Crippen LogP contribution in [0.25, 0.3) is 0 Å². The number of nitriles is 1. The van der Waals surface area contributed by atoms with Gasteiger partial charge in [0.25, 0.3) is 0 Å². The van der Waals surface area contributed by atoms with Crippen molar-refractivity contribution in [2.24, 2.45) is 0 Å². The number of benzene rings is 2. The highest BCUT2D eigenvalue weighted by Crippen LogP contribution is 2.15. The van der Waals surface area contributed by atoms with E-state index in [0.717, 1.165) is 5.56 Å². The zero-order valence-electron chi connectivity index (χ0n) is 10.1. The van der Waals surface area contributed by atoms with Crippen LogP contribution in [0, 0.1) is 17.1 Å². The molecule has 0 fully saturated rings. The molecule has 0 bridgehead atoms. The van der Waals surface area contributed by atoms with E-state index in [1.807, 2.05) is 12.1 Å². The first kappa shape index (κ1) is 13.5. The van der Waals surface area contributed by atoms with E-state index >= 15 is 0 Å². The molecule has 0 aliphatic carbocycles. The molecule has 0 aliphatic rings. The molecule has 0 saturated carbocycles. The van der Waals surface area contributed by atoms with Crippen LogP contribution < -0.4 is 0 Å². The Morgan fingerprint density at radius 3 is 2.68 bits per heavy atom. The molecule has 0 amide bonds. The first-order valence-electron chi connectivity index (χ1n) is 5.70. The van der Waals surface area contributed by atoms with Crippen molar-refractivity contribution in [1.29, 1.82) is 5.26 Å². The lowest BCUT2D eigenvalue weighted by Crippen LogP contribution is -1.98. The summed E-state index contributed by atoms with van der Waals surface area (Å²) >= 11 is 5.85. The highest BCUT2D eigenvalue weighted by atomic mass is 35.5. The minimum Gasteiger partial charge on any atom is -0.372 e. The van der Waals surface area contributed by atoms with Crippen molar-refractivity contribution in [3.8, 4) is 6.07 Å². The smallest absolute Gasteiger partial charge is 0.146 e. The van der Waals surface area contributed by atoms with Crippen molar-refractivity contribution in [3.05, 3.63) is 70.0 Å². The molecule has 0 heterocycles. The van der Waals surface area contributed by atoms with E-state index in [1.54, 1.807) is 30.3 Å². The SMILES string of the molecule is N#Cc1cccc(COCc2cccc(Cl)c2)c1F. The Morgan fingerprint density at radius 1 is 1.16 bits per heavy atom. The van der Waals surface area contributed by atoms with Crippen LogP contribution in [-0.2, 0) is 18.0 Å². The van der Waals surface area contributed by atoms with E-state index < -0.39 is 5.82 Å². The van der Waals surface area contributed by atoms with Crippen LogP contribution >= 0.6 is 11.6 Å². The van der Waals surface area contributed by atoms with Gasteiger partial charge in [-0.15, -0.1) is 0 Å². The molecule has 0 aromatic heterocycles. The molecular formula is C15H11ClFNO. The van der Waals surface area contributed by atoms with Crippen LogP contribution in [0.5, 0.6) is 0 Å². The summed E-state index contributed by atoms with van der Waals surface area (Å²) in [5, 5.41) is 9.37. The van der Waals surface area contributed by atoms with Crippen LogP contribution in [0.2, 0.25) is 5.02 Å². The van der Waals surface area contributed by atoms with Crippen LogP contribution in [0.1, 0.15) is 16.7 Å². The first-order chi connectivity index (χ1) is 9.20. The third-order valence-electron chi connectivity index (χ3n) is 2.61. The Hall–Kier alpha value is -1.89. The number of hydrogen-bond acceptors (Lipinski definition) is 2. The second kappa shape index (κ2) is 6.33. The van der Waals surface area contributed by atoms with E-state index in [-0.39, 0.29) is 12.2 Å². The van der Waals surface area contributed by atoms with Gasteiger partial charge in [0.2, 0.25) is 0 Å². The highest BCUT2D eigenvalue weighted by molar-refractivity contribution is 6.30. The van der Waals surface area contributed by atoms with Crippen molar-refractivity contribution in [1.82, 2.24) is 0 Å². The van der Waals surface area contributed by atoms with Crippen LogP contribution in [0.3, 0.4) is 0 Å². The number of nitrogens with zero attached hydrogens (tertiary/aromatic N) is 1. The molecule has 0 saturated heterocycles. The second-order valence-corrected chi connectivity index (χ2v) is 4.45. The zero-order chi connectivity index (χ0) is 13.7. The molecule has 4 heteroatoms. The number of hydrogen-bond donors (Lipinski definition) is 0. The summed E-state index contributed by atoms with van der Waals surface area (Å²) in [4.78, 5) is 0. The monoisotopic (exact) mass is 275 g/mol. The van der Waals surface area contributed by atoms with E-state index in [2.05, 4.69) is 0 Å². The Kier molecular flexibility index (Phi) is 4.51. The fraction of sp³-hybridized carbons (Fsp3) is 0.133. The van der Waals surface area contributed by atoms with Crippen LogP contribution in [0.15, 0.2) is 42.5 Å². The Labute approximate surface area is 116 Å². The molecule has 2 aromatic carbocycles. The predicted molar refractivity (Wildman–Crippen MR) is 71.1 cm³/mol. The lowest BCUT2D eigenvalue weighted by atomic mass is 10.1. The van der Waals surface area contributed by atoms with Crippen molar-refractivity contribution in [2.45, 2.75) is 13.2 Å². The number of halogens is 2. The van der Waals surface area contributed by atoms with E-state index in [0.29, 0.717) is 17.2 Å². The van der Waals surface area contributed by atoms with Gasteiger partial charge in [-0.2, -0.15) is 5.26 Å². The van der Waals surface area contributed by atoms with Gasteiger partial charge in [-0.3, -0.25) is 0 Å². The molecule has 2 aromatic rings. The minimum atomic E-state index is -0.518. The van der Waals surface area contributed by atoms with Crippen molar-refractivity contribution >= 4 is 11.6 Å². The van der Waals surface area contributed by atoms with E-state index in [4.69, 9.17) is 21.6 Å². The molecule has 0 spiro atoms. The average molecular weight is 276 g/mol. The average Bonchev–Trinajstić information content (AvgIpc) is 2.41. The van der Waals surface area contributed by atoms with Gasteiger partial charge >= 0.3 is 0 Å². The maximum atomic E-state index is 13.7. The maximum Gasteiger partial charge on any atom is 0.146 e. The van der Waals surface area contributed by atoms with Crippen molar-refractivity contribution in [3.63, 3.8) is 0 Å². The van der Waals surface area contributed by atoms with E-state index in [1.165, 1.54) is 6.07 Å². The van der Waals surface area contributed by atoms with Gasteiger partial charge in [-0.1, -0.05) is 35.9 Å². The van der Waals surface area contributed by atoms with Gasteiger partial charge in [-0.05, 0) is 23.8 Å². The summed E-state index contributed by atoms with van der Waals surface area (Å²) in [5.74, 6) is -0.518. The van der Waals surface area contributed by atoms with E-state index in [9.17, 15) is 4.39 Å². The molecular weight excluding hydrogens is 265 g/mol. The number of rotatable bonds is 4. The summed E-state index contributed by atoms with van der Waals surface area (Å²) in [6, 6.07) is 13.8. The first-order valence-corrected chi connectivity index (χ1v) is 6.08. The third-order valence-corrected chi connectivity index (χ3v) is 2.85. The zero-order valence-corrected chi connectivity index (χ0v) is 10.8. The highest BCUT2D eigenvalue weighted by Gasteiger charge is 2.07. The molecule has 19 heavy (non-hydrogen) atoms. The maximum absolute atomic E-state index is 13.7. The van der Waals surface area contributed by atoms with Crippen LogP contribution in [0.4, 0.5) is 4.39 Å². The molecule has 0 atom stereocenters. The fourth-order valence-corrected chi connectivity index (χ4v) is 1.90. The number of ether oxygens (including phenoxy) is 1. The minimum absolute atomic E-state index is 0.0313. The van der Waals surface area contributed by atoms with Gasteiger partial charge in [0.05, 0.1) is 18.8 Å². The quantitative estimate of drug-likeness (QED) is 0.843. The Bertz CT molecular complexity index is 622. The standard InChI is InChI=1S/C15H11ClFNO/c16-14-6-1-3-11(7-14)9-19-10-13-5-2-4-12(8-18)15(13)17/h1-7H,9-10H2. The lowest BCUT2D eigenvalue weighted by Gasteiger charge is -2.06. The second-order valence-electron chi connectivity index (χ2n) is 4.01. The Balaban J connectivity index is 1.98. The van der Waals surface area contributed by atoms with Gasteiger partial charge in [0.1, 0.15) is 11.9 Å². The normalized spacial score (nSPS) is 10.2. The molecule has 2 rings (SSSR count). The molecule has 0 unspecified atom stereocenters. The summed E-state index contributed by atoms with van der Waals surface area (Å²) in [6.45, 7) is 0.463. The van der Waals surface area contributed by atoms with Crippen LogP contribution in [-0.4, -0.2) is 0 Å². The molecule has 0 radical (unpaired) electrons. The summed E-state index contributed by atoms with van der Waals surface area (Å²) in [5.41, 5.74) is 1.33. The third kappa shape index (κ3) is 3.54. The molecule has 0 aliphatic heterocycles. The Morgan fingerprint density at radius 2 is 1.95 bits per heavy atom. The van der Waals surface area contributed by atoms with Gasteiger partial charge in [-0.25, -0.2) is 4.39 Å². The van der Waals surface area contributed by atoms with Crippen molar-refractivity contribution in [2.75, 3.05) is 0 Å². The fourth-order valence-electron chi connectivity index (χ4n) is 1.68. The van der Waals surface area contributed by atoms with Gasteiger partial charge < -0.3 is 4.74 Å². The predicted octanol–water partition coefficient (Wildman–Crippen LogP) is 4.07. The van der Waals surface area contributed by atoms with Gasteiger partial charge in [0, 0.05) is 10.6 Å². The molecule has 96 valence electrons. The summed E-state index contributed by atoms with van der Waals surface area (Å²) < 4.78 is 19.2. The summed E-state index contributed by atoms with van der Waals surface area (Å²) in [6.07, 6.45) is 0. The lowest BCUT2D eigenvalue weighted by molar-refractivity contribution is 0.105. The van der Waals surface area contributed by atoms with Crippen molar-refractivity contribution < 1.29 is 9.13 Å². The molecule has 0 N–H and O–H groups in total. The molecule has 2 nitrogen and oxygen atoms in total.